The van der Waals surface area contributed by atoms with E-state index in [1.165, 1.54) is 4.88 Å². The minimum Gasteiger partial charge on any atom is -0.389 e. The Morgan fingerprint density at radius 1 is 1.42 bits per heavy atom. The Morgan fingerprint density at radius 2 is 2.08 bits per heavy atom. The summed E-state index contributed by atoms with van der Waals surface area (Å²) in [6.07, 6.45) is 1.87. The molecule has 1 aromatic heterocycles. The van der Waals surface area contributed by atoms with Gasteiger partial charge in [0.15, 0.2) is 0 Å². The van der Waals surface area contributed by atoms with Crippen LogP contribution in [0.1, 0.15) is 29.9 Å². The molecule has 0 aliphatic carbocycles. The van der Waals surface area contributed by atoms with Crippen LogP contribution in [0.3, 0.4) is 0 Å². The number of nitrogens with two attached hydrogens (primary N) is 1. The van der Waals surface area contributed by atoms with E-state index in [4.69, 9.17) is 11.0 Å². The summed E-state index contributed by atoms with van der Waals surface area (Å²) in [5, 5.41) is 9.49. The van der Waals surface area contributed by atoms with Crippen molar-refractivity contribution in [1.29, 1.82) is 5.26 Å². The molecule has 2 N–H and O–H groups in total. The molecule has 1 heterocycles. The van der Waals surface area contributed by atoms with Gasteiger partial charge in [0, 0.05) is 4.88 Å². The molecule has 0 radical (unpaired) electrons. The second kappa shape index (κ2) is 3.59. The summed E-state index contributed by atoms with van der Waals surface area (Å²) in [4.78, 5) is 1.26. The lowest BCUT2D eigenvalue weighted by atomic mass is 10.1. The predicted molar refractivity (Wildman–Crippen MR) is 52.2 cm³/mol. The van der Waals surface area contributed by atoms with E-state index in [9.17, 15) is 0 Å². The first-order chi connectivity index (χ1) is 5.74. The second-order valence-corrected chi connectivity index (χ2v) is 3.70. The van der Waals surface area contributed by atoms with Crippen molar-refractivity contribution >= 4 is 16.3 Å². The highest BCUT2D eigenvalue weighted by Crippen LogP contribution is 2.30. The number of hydrogen-bond donors (Lipinski definition) is 1. The smallest absolute Gasteiger partial charge is 0.104 e. The Kier molecular flexibility index (Phi) is 2.72. The normalized spacial score (nSPS) is 9.75. The first kappa shape index (κ1) is 9.08. The first-order valence-corrected chi connectivity index (χ1v) is 4.86. The maximum Gasteiger partial charge on any atom is 0.104 e. The third-order valence-corrected chi connectivity index (χ3v) is 3.11. The van der Waals surface area contributed by atoms with Crippen LogP contribution in [0.15, 0.2) is 0 Å². The molecule has 0 aliphatic rings. The lowest BCUT2D eigenvalue weighted by Crippen LogP contribution is -1.89. The number of nitriles is 1. The summed E-state index contributed by atoms with van der Waals surface area (Å²) in [5.74, 6) is 0. The maximum absolute atomic E-state index is 8.82. The molecule has 0 amide bonds. The fourth-order valence-electron chi connectivity index (χ4n) is 1.32. The summed E-state index contributed by atoms with van der Waals surface area (Å²) in [6.45, 7) is 4.15. The molecule has 12 heavy (non-hydrogen) atoms. The molecule has 2 nitrogen and oxygen atoms in total. The van der Waals surface area contributed by atoms with Crippen LogP contribution in [0, 0.1) is 11.3 Å². The van der Waals surface area contributed by atoms with Gasteiger partial charge in [-0.3, -0.25) is 0 Å². The molecule has 0 saturated heterocycles. The molecule has 0 unspecified atom stereocenters. The number of rotatable bonds is 2. The van der Waals surface area contributed by atoms with E-state index in [2.05, 4.69) is 19.9 Å². The summed E-state index contributed by atoms with van der Waals surface area (Å²) < 4.78 is 0. The number of nitrogens with zero attached hydrogens (tertiary/aromatic N) is 1. The molecule has 0 aromatic carbocycles. The van der Waals surface area contributed by atoms with Gasteiger partial charge in [-0.2, -0.15) is 5.26 Å². The zero-order chi connectivity index (χ0) is 9.14. The van der Waals surface area contributed by atoms with E-state index >= 15 is 0 Å². The molecule has 1 aromatic rings. The van der Waals surface area contributed by atoms with Gasteiger partial charge in [-0.05, 0) is 18.4 Å². The highest BCUT2D eigenvalue weighted by Gasteiger charge is 2.12. The van der Waals surface area contributed by atoms with Gasteiger partial charge in [0.05, 0.1) is 5.56 Å². The minimum absolute atomic E-state index is 0.672. The molecule has 3 heteroatoms. The topological polar surface area (TPSA) is 49.8 Å². The van der Waals surface area contributed by atoms with Crippen molar-refractivity contribution in [3.8, 4) is 6.07 Å². The zero-order valence-corrected chi connectivity index (χ0v) is 8.16. The summed E-state index contributed by atoms with van der Waals surface area (Å²) in [6, 6.07) is 2.15. The molecule has 0 fully saturated rings. The molecule has 0 saturated carbocycles. The summed E-state index contributed by atoms with van der Waals surface area (Å²) >= 11 is 1.55. The minimum atomic E-state index is 0.672. The average molecular weight is 180 g/mol. The van der Waals surface area contributed by atoms with Crippen molar-refractivity contribution in [2.75, 3.05) is 5.73 Å². The van der Waals surface area contributed by atoms with Gasteiger partial charge in [-0.1, -0.05) is 13.8 Å². The van der Waals surface area contributed by atoms with E-state index in [1.54, 1.807) is 11.3 Å². The van der Waals surface area contributed by atoms with Crippen LogP contribution >= 0.6 is 11.3 Å². The Bertz CT molecular complexity index is 320. The molecule has 64 valence electrons. The zero-order valence-electron chi connectivity index (χ0n) is 7.35. The number of thiophene rings is 1. The summed E-state index contributed by atoms with van der Waals surface area (Å²) in [5.41, 5.74) is 7.53. The van der Waals surface area contributed by atoms with E-state index < -0.39 is 0 Å². The number of anilines is 1. The standard InChI is InChI=1S/C9H12N2S/c1-3-6-7(5-10)9(11)12-8(6)4-2/h3-4,11H2,1-2H3. The van der Waals surface area contributed by atoms with Gasteiger partial charge in [0.1, 0.15) is 11.1 Å². The third-order valence-electron chi connectivity index (χ3n) is 1.90. The number of aryl methyl sites for hydroxylation is 1. The van der Waals surface area contributed by atoms with Gasteiger partial charge < -0.3 is 5.73 Å². The Hall–Kier alpha value is -1.01. The Balaban J connectivity index is 3.28. The van der Waals surface area contributed by atoms with Gasteiger partial charge in [0.25, 0.3) is 0 Å². The van der Waals surface area contributed by atoms with Crippen molar-refractivity contribution in [2.24, 2.45) is 0 Å². The predicted octanol–water partition coefficient (Wildman–Crippen LogP) is 2.33. The molecular weight excluding hydrogens is 168 g/mol. The lowest BCUT2D eigenvalue weighted by molar-refractivity contribution is 1.07. The van der Waals surface area contributed by atoms with Gasteiger partial charge in [0.2, 0.25) is 0 Å². The van der Waals surface area contributed by atoms with Crippen molar-refractivity contribution < 1.29 is 0 Å². The first-order valence-electron chi connectivity index (χ1n) is 4.04. The highest BCUT2D eigenvalue weighted by molar-refractivity contribution is 7.16. The molecule has 0 bridgehead atoms. The molecular formula is C9H12N2S. The van der Waals surface area contributed by atoms with Crippen LogP contribution in [0.5, 0.6) is 0 Å². The molecule has 0 spiro atoms. The monoisotopic (exact) mass is 180 g/mol. The van der Waals surface area contributed by atoms with Crippen molar-refractivity contribution in [2.45, 2.75) is 26.7 Å². The van der Waals surface area contributed by atoms with Crippen LogP contribution < -0.4 is 5.73 Å². The van der Waals surface area contributed by atoms with E-state index in [1.807, 2.05) is 0 Å². The fourth-order valence-corrected chi connectivity index (χ4v) is 2.37. The van der Waals surface area contributed by atoms with Crippen LogP contribution in [0.4, 0.5) is 5.00 Å². The molecule has 0 aliphatic heterocycles. The van der Waals surface area contributed by atoms with Crippen LogP contribution in [-0.2, 0) is 12.8 Å². The van der Waals surface area contributed by atoms with Gasteiger partial charge in [-0.15, -0.1) is 11.3 Å². The van der Waals surface area contributed by atoms with Crippen molar-refractivity contribution in [3.63, 3.8) is 0 Å². The van der Waals surface area contributed by atoms with E-state index in [-0.39, 0.29) is 0 Å². The largest absolute Gasteiger partial charge is 0.389 e. The number of nitrogen functional groups attached to an aromatic ring is 1. The quantitative estimate of drug-likeness (QED) is 0.759. The maximum atomic E-state index is 8.82. The lowest BCUT2D eigenvalue weighted by Gasteiger charge is -1.95. The van der Waals surface area contributed by atoms with Gasteiger partial charge >= 0.3 is 0 Å². The Morgan fingerprint density at radius 3 is 2.50 bits per heavy atom. The van der Waals surface area contributed by atoms with Crippen LogP contribution in [0.2, 0.25) is 0 Å². The van der Waals surface area contributed by atoms with Crippen LogP contribution in [0.25, 0.3) is 0 Å². The van der Waals surface area contributed by atoms with Crippen LogP contribution in [-0.4, -0.2) is 0 Å². The summed E-state index contributed by atoms with van der Waals surface area (Å²) in [7, 11) is 0. The number of hydrogen-bond acceptors (Lipinski definition) is 3. The second-order valence-electron chi connectivity index (χ2n) is 2.56. The van der Waals surface area contributed by atoms with E-state index in [0.717, 1.165) is 18.4 Å². The highest BCUT2D eigenvalue weighted by atomic mass is 32.1. The van der Waals surface area contributed by atoms with Crippen molar-refractivity contribution in [1.82, 2.24) is 0 Å². The van der Waals surface area contributed by atoms with E-state index in [0.29, 0.717) is 10.6 Å². The SMILES string of the molecule is CCc1sc(N)c(C#N)c1CC. The fraction of sp³-hybridized carbons (Fsp3) is 0.444. The van der Waals surface area contributed by atoms with Gasteiger partial charge in [-0.25, -0.2) is 0 Å². The Labute approximate surface area is 76.6 Å². The molecule has 1 rings (SSSR count). The third kappa shape index (κ3) is 1.30. The average Bonchev–Trinajstić information content (AvgIpc) is 2.40. The van der Waals surface area contributed by atoms with Crippen molar-refractivity contribution in [3.05, 3.63) is 16.0 Å². The molecule has 0 atom stereocenters.